The Morgan fingerprint density at radius 1 is 0.872 bits per heavy atom. The lowest BCUT2D eigenvalue weighted by Crippen LogP contribution is -2.47. The number of nitrogens with zero attached hydrogens (tertiary/aromatic N) is 1. The molecule has 0 aliphatic rings. The Kier molecular flexibility index (Phi) is 10.1. The molecule has 5 heteroatoms. The van der Waals surface area contributed by atoms with Crippen LogP contribution in [0.5, 0.6) is 0 Å². The fourth-order valence-electron chi connectivity index (χ4n) is 5.19. The molecule has 1 aromatic heterocycles. The quantitative estimate of drug-likeness (QED) is 0.180. The molecule has 200 valence electrons. The number of benzene rings is 3. The molecule has 0 saturated heterocycles. The smallest absolute Gasteiger partial charge is 0.237 e. The first-order chi connectivity index (χ1) is 19.0. The van der Waals surface area contributed by atoms with Crippen LogP contribution in [0, 0.1) is 17.2 Å². The van der Waals surface area contributed by atoms with Crippen molar-refractivity contribution in [2.75, 3.05) is 6.54 Å². The van der Waals surface area contributed by atoms with Crippen LogP contribution in [0.4, 0.5) is 0 Å². The van der Waals surface area contributed by atoms with Crippen LogP contribution in [0.2, 0.25) is 0 Å². The normalized spacial score (nSPS) is 13.5. The highest BCUT2D eigenvalue weighted by Crippen LogP contribution is 2.36. The Morgan fingerprint density at radius 3 is 1.97 bits per heavy atom. The zero-order valence-electron chi connectivity index (χ0n) is 22.7. The summed E-state index contributed by atoms with van der Waals surface area (Å²) >= 11 is 1.67. The number of carbonyl (C=O) groups is 1. The average molecular weight is 536 g/mol. The number of thiophene rings is 1. The van der Waals surface area contributed by atoms with Crippen molar-refractivity contribution in [2.24, 2.45) is 5.92 Å². The molecular weight excluding hydrogens is 498 g/mol. The molecule has 2 atom stereocenters. The predicted molar refractivity (Wildman–Crippen MR) is 160 cm³/mol. The number of nitriles is 1. The second-order valence-corrected chi connectivity index (χ2v) is 11.3. The van der Waals surface area contributed by atoms with Crippen molar-refractivity contribution in [3.63, 3.8) is 0 Å². The number of nitrogens with one attached hydrogen (secondary N) is 2. The summed E-state index contributed by atoms with van der Waals surface area (Å²) in [6, 6.07) is 36.8. The van der Waals surface area contributed by atoms with Gasteiger partial charge in [-0.05, 0) is 46.9 Å². The molecule has 0 fully saturated rings. The molecule has 0 saturated carbocycles. The molecule has 0 aliphatic heterocycles. The van der Waals surface area contributed by atoms with Crippen molar-refractivity contribution >= 4 is 17.2 Å². The standard InChI is InChI=1S/C34H37N3OS/c1-26(2)34(25-35,29-18-10-5-11-19-29)21-13-22-36-33(38)31(24-30-20-12-23-39-30)37-32(27-14-6-3-7-15-27)28-16-8-4-9-17-28/h3-12,14-20,23,26,31-32,37H,13,21-22,24H2,1-2H3,(H,36,38)/t31-,34-/m0/s1. The fraction of sp³-hybridized carbons (Fsp3) is 0.294. The van der Waals surface area contributed by atoms with Gasteiger partial charge in [0, 0.05) is 17.8 Å². The van der Waals surface area contributed by atoms with E-state index in [9.17, 15) is 10.1 Å². The summed E-state index contributed by atoms with van der Waals surface area (Å²) in [6.45, 7) is 4.72. The molecule has 0 spiro atoms. The minimum absolute atomic E-state index is 0.0212. The summed E-state index contributed by atoms with van der Waals surface area (Å²) in [7, 11) is 0. The van der Waals surface area contributed by atoms with E-state index in [0.717, 1.165) is 28.0 Å². The minimum atomic E-state index is -0.577. The van der Waals surface area contributed by atoms with E-state index in [1.807, 2.05) is 78.2 Å². The average Bonchev–Trinajstić information content (AvgIpc) is 3.50. The summed E-state index contributed by atoms with van der Waals surface area (Å²) < 4.78 is 0. The molecule has 0 unspecified atom stereocenters. The molecular formula is C34H37N3OS. The second kappa shape index (κ2) is 13.9. The van der Waals surface area contributed by atoms with E-state index in [1.54, 1.807) is 11.3 Å². The maximum Gasteiger partial charge on any atom is 0.237 e. The Bertz CT molecular complexity index is 1280. The molecule has 3 aromatic carbocycles. The number of amides is 1. The highest BCUT2D eigenvalue weighted by molar-refractivity contribution is 7.09. The number of rotatable bonds is 13. The summed E-state index contributed by atoms with van der Waals surface area (Å²) in [5.41, 5.74) is 2.70. The molecule has 2 N–H and O–H groups in total. The van der Waals surface area contributed by atoms with Crippen molar-refractivity contribution in [3.05, 3.63) is 130 Å². The van der Waals surface area contributed by atoms with Crippen molar-refractivity contribution in [3.8, 4) is 6.07 Å². The van der Waals surface area contributed by atoms with E-state index in [0.29, 0.717) is 19.4 Å². The van der Waals surface area contributed by atoms with E-state index < -0.39 is 11.5 Å². The summed E-state index contributed by atoms with van der Waals surface area (Å²) in [4.78, 5) is 14.8. The zero-order valence-corrected chi connectivity index (χ0v) is 23.5. The summed E-state index contributed by atoms with van der Waals surface area (Å²) in [5, 5.41) is 19.1. The molecule has 1 heterocycles. The van der Waals surface area contributed by atoms with Crippen LogP contribution in [0.15, 0.2) is 109 Å². The third kappa shape index (κ3) is 7.23. The van der Waals surface area contributed by atoms with Gasteiger partial charge in [0.05, 0.1) is 23.6 Å². The molecule has 0 radical (unpaired) electrons. The topological polar surface area (TPSA) is 64.9 Å². The third-order valence-electron chi connectivity index (χ3n) is 7.46. The minimum Gasteiger partial charge on any atom is -0.355 e. The first-order valence-corrected chi connectivity index (χ1v) is 14.5. The molecule has 0 bridgehead atoms. The van der Waals surface area contributed by atoms with Gasteiger partial charge in [-0.2, -0.15) is 5.26 Å². The van der Waals surface area contributed by atoms with Crippen LogP contribution in [-0.2, 0) is 16.6 Å². The van der Waals surface area contributed by atoms with E-state index in [2.05, 4.69) is 60.9 Å². The lowest BCUT2D eigenvalue weighted by atomic mass is 9.70. The van der Waals surface area contributed by atoms with Crippen molar-refractivity contribution < 1.29 is 4.79 Å². The van der Waals surface area contributed by atoms with Crippen LogP contribution >= 0.6 is 11.3 Å². The van der Waals surface area contributed by atoms with Crippen molar-refractivity contribution in [1.29, 1.82) is 5.26 Å². The third-order valence-corrected chi connectivity index (χ3v) is 8.36. The predicted octanol–water partition coefficient (Wildman–Crippen LogP) is 7.05. The van der Waals surface area contributed by atoms with E-state index in [-0.39, 0.29) is 17.9 Å². The number of hydrogen-bond donors (Lipinski definition) is 2. The van der Waals surface area contributed by atoms with Crippen molar-refractivity contribution in [2.45, 2.75) is 50.6 Å². The molecule has 4 nitrogen and oxygen atoms in total. The Labute approximate surface area is 236 Å². The van der Waals surface area contributed by atoms with E-state index in [4.69, 9.17) is 0 Å². The first kappa shape index (κ1) is 28.3. The molecule has 39 heavy (non-hydrogen) atoms. The van der Waals surface area contributed by atoms with Gasteiger partial charge in [-0.1, -0.05) is 111 Å². The van der Waals surface area contributed by atoms with Gasteiger partial charge in [0.25, 0.3) is 0 Å². The van der Waals surface area contributed by atoms with Gasteiger partial charge in [0.15, 0.2) is 0 Å². The summed E-state index contributed by atoms with van der Waals surface area (Å²) in [5.74, 6) is 0.137. The van der Waals surface area contributed by atoms with Crippen LogP contribution < -0.4 is 10.6 Å². The molecule has 1 amide bonds. The zero-order chi connectivity index (χ0) is 27.5. The van der Waals surface area contributed by atoms with Crippen LogP contribution in [0.1, 0.15) is 54.3 Å². The summed E-state index contributed by atoms with van der Waals surface area (Å²) in [6.07, 6.45) is 2.02. The monoisotopic (exact) mass is 535 g/mol. The lowest BCUT2D eigenvalue weighted by molar-refractivity contribution is -0.123. The maximum atomic E-state index is 13.6. The SMILES string of the molecule is CC(C)[C@@](C#N)(CCCNC(=O)[C@H](Cc1cccs1)NC(c1ccccc1)c1ccccc1)c1ccccc1. The van der Waals surface area contributed by atoms with Gasteiger partial charge in [0.1, 0.15) is 0 Å². The largest absolute Gasteiger partial charge is 0.355 e. The number of hydrogen-bond acceptors (Lipinski definition) is 4. The highest BCUT2D eigenvalue weighted by Gasteiger charge is 2.35. The van der Waals surface area contributed by atoms with Crippen molar-refractivity contribution in [1.82, 2.24) is 10.6 Å². The lowest BCUT2D eigenvalue weighted by Gasteiger charge is -2.31. The number of carbonyl (C=O) groups excluding carboxylic acids is 1. The van der Waals surface area contributed by atoms with Crippen LogP contribution in [-0.4, -0.2) is 18.5 Å². The van der Waals surface area contributed by atoms with Gasteiger partial charge in [-0.25, -0.2) is 0 Å². The van der Waals surface area contributed by atoms with Gasteiger partial charge in [0.2, 0.25) is 5.91 Å². The second-order valence-electron chi connectivity index (χ2n) is 10.3. The highest BCUT2D eigenvalue weighted by atomic mass is 32.1. The Morgan fingerprint density at radius 2 is 1.46 bits per heavy atom. The van der Waals surface area contributed by atoms with Crippen LogP contribution in [0.25, 0.3) is 0 Å². The van der Waals surface area contributed by atoms with Gasteiger partial charge in [-0.3, -0.25) is 10.1 Å². The maximum absolute atomic E-state index is 13.6. The Balaban J connectivity index is 1.48. The van der Waals surface area contributed by atoms with Gasteiger partial charge >= 0.3 is 0 Å². The molecule has 0 aliphatic carbocycles. The first-order valence-electron chi connectivity index (χ1n) is 13.7. The Hall–Kier alpha value is -3.72. The fourth-order valence-corrected chi connectivity index (χ4v) is 5.94. The molecule has 4 rings (SSSR count). The van der Waals surface area contributed by atoms with Gasteiger partial charge < -0.3 is 5.32 Å². The van der Waals surface area contributed by atoms with E-state index >= 15 is 0 Å². The van der Waals surface area contributed by atoms with Crippen LogP contribution in [0.3, 0.4) is 0 Å². The van der Waals surface area contributed by atoms with Gasteiger partial charge in [-0.15, -0.1) is 11.3 Å². The molecule has 4 aromatic rings. The van der Waals surface area contributed by atoms with E-state index in [1.165, 1.54) is 0 Å².